The SMILES string of the molecule is CN(C)C(=O)c1cccc(C2=CCCCC2)c1. The van der Waals surface area contributed by atoms with Crippen LogP contribution in [0.15, 0.2) is 30.3 Å². The minimum absolute atomic E-state index is 0.0725. The Morgan fingerprint density at radius 1 is 1.24 bits per heavy atom. The number of nitrogens with zero attached hydrogens (tertiary/aromatic N) is 1. The van der Waals surface area contributed by atoms with E-state index in [0.29, 0.717) is 0 Å². The molecule has 1 aliphatic carbocycles. The van der Waals surface area contributed by atoms with E-state index in [0.717, 1.165) is 12.0 Å². The van der Waals surface area contributed by atoms with Gasteiger partial charge >= 0.3 is 0 Å². The summed E-state index contributed by atoms with van der Waals surface area (Å²) < 4.78 is 0. The van der Waals surface area contributed by atoms with Crippen molar-refractivity contribution in [3.63, 3.8) is 0 Å². The van der Waals surface area contributed by atoms with Crippen LogP contribution in [-0.4, -0.2) is 24.9 Å². The van der Waals surface area contributed by atoms with Gasteiger partial charge in [-0.25, -0.2) is 0 Å². The first-order chi connectivity index (χ1) is 8.18. The highest BCUT2D eigenvalue weighted by molar-refractivity contribution is 5.94. The second kappa shape index (κ2) is 5.17. The average Bonchev–Trinajstić information content (AvgIpc) is 2.39. The summed E-state index contributed by atoms with van der Waals surface area (Å²) in [7, 11) is 3.57. The molecule has 1 aromatic rings. The van der Waals surface area contributed by atoms with Gasteiger partial charge in [-0.1, -0.05) is 18.2 Å². The molecule has 0 N–H and O–H groups in total. The van der Waals surface area contributed by atoms with E-state index in [1.165, 1.54) is 30.4 Å². The molecular formula is C15H19NO. The number of carbonyl (C=O) groups is 1. The van der Waals surface area contributed by atoms with Crippen molar-refractivity contribution >= 4 is 11.5 Å². The third-order valence-electron chi connectivity index (χ3n) is 3.18. The second-order valence-corrected chi connectivity index (χ2v) is 4.76. The lowest BCUT2D eigenvalue weighted by molar-refractivity contribution is 0.0827. The molecule has 0 spiro atoms. The maximum atomic E-state index is 11.9. The van der Waals surface area contributed by atoms with Crippen LogP contribution in [0.4, 0.5) is 0 Å². The van der Waals surface area contributed by atoms with Gasteiger partial charge in [-0.05, 0) is 49.0 Å². The fourth-order valence-corrected chi connectivity index (χ4v) is 2.21. The molecule has 1 aromatic carbocycles. The summed E-state index contributed by atoms with van der Waals surface area (Å²) in [6.45, 7) is 0. The molecule has 0 atom stereocenters. The van der Waals surface area contributed by atoms with Gasteiger partial charge in [0.15, 0.2) is 0 Å². The predicted octanol–water partition coefficient (Wildman–Crippen LogP) is 3.35. The Labute approximate surface area is 103 Å². The molecule has 2 rings (SSSR count). The van der Waals surface area contributed by atoms with Gasteiger partial charge < -0.3 is 4.90 Å². The molecule has 0 aliphatic heterocycles. The first kappa shape index (κ1) is 11.9. The first-order valence-electron chi connectivity index (χ1n) is 6.19. The minimum Gasteiger partial charge on any atom is -0.345 e. The third kappa shape index (κ3) is 2.76. The molecule has 0 saturated carbocycles. The zero-order valence-corrected chi connectivity index (χ0v) is 10.6. The molecule has 2 nitrogen and oxygen atoms in total. The lowest BCUT2D eigenvalue weighted by Gasteiger charge is -2.15. The van der Waals surface area contributed by atoms with E-state index < -0.39 is 0 Å². The molecule has 0 heterocycles. The fraction of sp³-hybridized carbons (Fsp3) is 0.400. The molecule has 90 valence electrons. The van der Waals surface area contributed by atoms with Gasteiger partial charge in [0, 0.05) is 19.7 Å². The third-order valence-corrected chi connectivity index (χ3v) is 3.18. The Balaban J connectivity index is 2.28. The largest absolute Gasteiger partial charge is 0.345 e. The summed E-state index contributed by atoms with van der Waals surface area (Å²) in [5.74, 6) is 0.0725. The van der Waals surface area contributed by atoms with Gasteiger partial charge in [-0.15, -0.1) is 0 Å². The average molecular weight is 229 g/mol. The van der Waals surface area contributed by atoms with Gasteiger partial charge in [-0.2, -0.15) is 0 Å². The van der Waals surface area contributed by atoms with Gasteiger partial charge in [0.25, 0.3) is 5.91 Å². The Morgan fingerprint density at radius 3 is 2.71 bits per heavy atom. The number of carbonyl (C=O) groups excluding carboxylic acids is 1. The van der Waals surface area contributed by atoms with Crippen LogP contribution >= 0.6 is 0 Å². The van der Waals surface area contributed by atoms with Crippen molar-refractivity contribution in [2.75, 3.05) is 14.1 Å². The zero-order valence-electron chi connectivity index (χ0n) is 10.6. The maximum Gasteiger partial charge on any atom is 0.253 e. The number of allylic oxidation sites excluding steroid dienone is 2. The van der Waals surface area contributed by atoms with E-state index in [1.807, 2.05) is 18.2 Å². The highest BCUT2D eigenvalue weighted by Gasteiger charge is 2.11. The zero-order chi connectivity index (χ0) is 12.3. The van der Waals surface area contributed by atoms with Crippen LogP contribution in [0.5, 0.6) is 0 Å². The van der Waals surface area contributed by atoms with Crippen LogP contribution in [0, 0.1) is 0 Å². The van der Waals surface area contributed by atoms with E-state index in [1.54, 1.807) is 19.0 Å². The van der Waals surface area contributed by atoms with Crippen LogP contribution in [0.3, 0.4) is 0 Å². The van der Waals surface area contributed by atoms with Gasteiger partial charge in [0.05, 0.1) is 0 Å². The molecule has 0 saturated heterocycles. The molecule has 1 amide bonds. The molecule has 0 bridgehead atoms. The second-order valence-electron chi connectivity index (χ2n) is 4.76. The first-order valence-corrected chi connectivity index (χ1v) is 6.19. The molecule has 0 unspecified atom stereocenters. The number of hydrogen-bond acceptors (Lipinski definition) is 1. The summed E-state index contributed by atoms with van der Waals surface area (Å²) in [4.78, 5) is 13.5. The fourth-order valence-electron chi connectivity index (χ4n) is 2.21. The van der Waals surface area contributed by atoms with Crippen LogP contribution in [0.25, 0.3) is 5.57 Å². The van der Waals surface area contributed by atoms with Crippen LogP contribution in [-0.2, 0) is 0 Å². The van der Waals surface area contributed by atoms with Gasteiger partial charge in [-0.3, -0.25) is 4.79 Å². The van der Waals surface area contributed by atoms with Crippen LogP contribution < -0.4 is 0 Å². The smallest absolute Gasteiger partial charge is 0.253 e. The summed E-state index contributed by atoms with van der Waals surface area (Å²) in [6, 6.07) is 7.97. The van der Waals surface area contributed by atoms with Crippen molar-refractivity contribution in [2.24, 2.45) is 0 Å². The maximum absolute atomic E-state index is 11.9. The Hall–Kier alpha value is -1.57. The van der Waals surface area contributed by atoms with Crippen molar-refractivity contribution < 1.29 is 4.79 Å². The van der Waals surface area contributed by atoms with E-state index in [2.05, 4.69) is 12.1 Å². The summed E-state index contributed by atoms with van der Waals surface area (Å²) in [6.07, 6.45) is 7.17. The Kier molecular flexibility index (Phi) is 3.62. The minimum atomic E-state index is 0.0725. The van der Waals surface area contributed by atoms with Crippen molar-refractivity contribution in [1.82, 2.24) is 4.90 Å². The summed E-state index contributed by atoms with van der Waals surface area (Å²) in [5.41, 5.74) is 3.38. The summed E-state index contributed by atoms with van der Waals surface area (Å²) >= 11 is 0. The lowest BCUT2D eigenvalue weighted by atomic mass is 9.93. The van der Waals surface area contributed by atoms with Crippen molar-refractivity contribution in [2.45, 2.75) is 25.7 Å². The molecule has 0 aromatic heterocycles. The molecule has 1 aliphatic rings. The lowest BCUT2D eigenvalue weighted by Crippen LogP contribution is -2.21. The number of amides is 1. The standard InChI is InChI=1S/C15H19NO/c1-16(2)15(17)14-10-6-9-13(11-14)12-7-4-3-5-8-12/h6-7,9-11H,3-5,8H2,1-2H3. The van der Waals surface area contributed by atoms with Gasteiger partial charge in [0.2, 0.25) is 0 Å². The molecule has 0 radical (unpaired) electrons. The normalized spacial score (nSPS) is 15.3. The highest BCUT2D eigenvalue weighted by atomic mass is 16.2. The molecular weight excluding hydrogens is 210 g/mol. The predicted molar refractivity (Wildman–Crippen MR) is 70.9 cm³/mol. The topological polar surface area (TPSA) is 20.3 Å². The quantitative estimate of drug-likeness (QED) is 0.761. The number of benzene rings is 1. The van der Waals surface area contributed by atoms with E-state index in [4.69, 9.17) is 0 Å². The molecule has 17 heavy (non-hydrogen) atoms. The van der Waals surface area contributed by atoms with Crippen molar-refractivity contribution in [3.05, 3.63) is 41.5 Å². The van der Waals surface area contributed by atoms with Crippen LogP contribution in [0.2, 0.25) is 0 Å². The Bertz CT molecular complexity index is 446. The van der Waals surface area contributed by atoms with Crippen LogP contribution in [0.1, 0.15) is 41.6 Å². The van der Waals surface area contributed by atoms with E-state index in [9.17, 15) is 4.79 Å². The van der Waals surface area contributed by atoms with E-state index >= 15 is 0 Å². The number of hydrogen-bond donors (Lipinski definition) is 0. The van der Waals surface area contributed by atoms with Crippen molar-refractivity contribution in [3.8, 4) is 0 Å². The monoisotopic (exact) mass is 229 g/mol. The molecule has 0 fully saturated rings. The van der Waals surface area contributed by atoms with Crippen molar-refractivity contribution in [1.29, 1.82) is 0 Å². The highest BCUT2D eigenvalue weighted by Crippen LogP contribution is 2.27. The van der Waals surface area contributed by atoms with E-state index in [-0.39, 0.29) is 5.91 Å². The summed E-state index contributed by atoms with van der Waals surface area (Å²) in [5, 5.41) is 0. The number of rotatable bonds is 2. The molecule has 2 heteroatoms. The Morgan fingerprint density at radius 2 is 2.06 bits per heavy atom. The van der Waals surface area contributed by atoms with Gasteiger partial charge in [0.1, 0.15) is 0 Å².